The van der Waals surface area contributed by atoms with Crippen molar-refractivity contribution in [2.45, 2.75) is 25.5 Å². The maximum atomic E-state index is 12.2. The van der Waals surface area contributed by atoms with E-state index in [1.54, 1.807) is 18.5 Å². The van der Waals surface area contributed by atoms with Crippen molar-refractivity contribution in [2.24, 2.45) is 4.99 Å². The molecule has 1 atom stereocenters. The van der Waals surface area contributed by atoms with Crippen molar-refractivity contribution in [3.63, 3.8) is 0 Å². The molecule has 0 saturated carbocycles. The van der Waals surface area contributed by atoms with Crippen LogP contribution in [-0.4, -0.2) is 32.2 Å². The van der Waals surface area contributed by atoms with Gasteiger partial charge < -0.3 is 10.6 Å². The zero-order valence-electron chi connectivity index (χ0n) is 13.8. The van der Waals surface area contributed by atoms with Gasteiger partial charge in [-0.2, -0.15) is 4.99 Å². The van der Waals surface area contributed by atoms with Gasteiger partial charge in [0.05, 0.1) is 0 Å². The third-order valence-electron chi connectivity index (χ3n) is 3.41. The Morgan fingerprint density at radius 2 is 1.92 bits per heavy atom. The third-order valence-corrected chi connectivity index (χ3v) is 4.49. The molecule has 2 aromatic rings. The highest BCUT2D eigenvalue weighted by Gasteiger charge is 2.32. The second-order valence-electron chi connectivity index (χ2n) is 5.69. The zero-order valence-corrected chi connectivity index (χ0v) is 14.6. The van der Waals surface area contributed by atoms with Gasteiger partial charge in [0.15, 0.2) is 5.17 Å². The largest absolute Gasteiger partial charge is 0.326 e. The van der Waals surface area contributed by atoms with Crippen molar-refractivity contribution in [2.75, 3.05) is 5.32 Å². The Bertz CT molecular complexity index is 818. The fourth-order valence-corrected chi connectivity index (χ4v) is 3.42. The summed E-state index contributed by atoms with van der Waals surface area (Å²) < 4.78 is 0. The summed E-state index contributed by atoms with van der Waals surface area (Å²) in [5.41, 5.74) is 2.87. The Kier molecular flexibility index (Phi) is 5.08. The molecule has 2 heterocycles. The van der Waals surface area contributed by atoms with Crippen LogP contribution < -0.4 is 10.6 Å². The van der Waals surface area contributed by atoms with E-state index in [2.05, 4.69) is 25.6 Å². The quantitative estimate of drug-likeness (QED) is 0.877. The standard InChI is InChI=1S/C17H17N5O2S/c1-10-6-11(2)8-12(7-10)20-14(23)9-13-15(24)21-17(25-13)22-16-18-4-3-5-19-16/h3-8,13H,9H2,1-2H3,(H,20,23)(H,18,19,21,22,24). The molecule has 2 N–H and O–H groups in total. The number of carbonyl (C=O) groups is 2. The number of nitrogens with zero attached hydrogens (tertiary/aromatic N) is 3. The van der Waals surface area contributed by atoms with E-state index in [-0.39, 0.29) is 24.2 Å². The van der Waals surface area contributed by atoms with Gasteiger partial charge >= 0.3 is 0 Å². The van der Waals surface area contributed by atoms with Gasteiger partial charge in [-0.25, -0.2) is 9.97 Å². The first-order valence-corrected chi connectivity index (χ1v) is 8.59. The topological polar surface area (TPSA) is 96.3 Å². The number of carbonyl (C=O) groups excluding carboxylic acids is 2. The van der Waals surface area contributed by atoms with E-state index < -0.39 is 5.25 Å². The summed E-state index contributed by atoms with van der Waals surface area (Å²) in [6.07, 6.45) is 3.21. The number of anilines is 1. The van der Waals surface area contributed by atoms with Crippen LogP contribution in [0.2, 0.25) is 0 Å². The zero-order chi connectivity index (χ0) is 17.8. The first kappa shape index (κ1) is 17.1. The average Bonchev–Trinajstić information content (AvgIpc) is 2.86. The fraction of sp³-hybridized carbons (Fsp3) is 0.235. The van der Waals surface area contributed by atoms with Gasteiger partial charge in [-0.05, 0) is 43.2 Å². The van der Waals surface area contributed by atoms with E-state index in [1.165, 1.54) is 11.8 Å². The summed E-state index contributed by atoms with van der Waals surface area (Å²) in [5, 5.41) is 5.38. The molecule has 2 amide bonds. The molecule has 0 spiro atoms. The lowest BCUT2D eigenvalue weighted by molar-refractivity contribution is -0.122. The van der Waals surface area contributed by atoms with E-state index in [9.17, 15) is 9.59 Å². The highest BCUT2D eigenvalue weighted by atomic mass is 32.2. The van der Waals surface area contributed by atoms with Crippen LogP contribution in [-0.2, 0) is 9.59 Å². The van der Waals surface area contributed by atoms with Gasteiger partial charge in [-0.15, -0.1) is 0 Å². The molecule has 128 valence electrons. The number of aliphatic imine (C=N–C) groups is 1. The van der Waals surface area contributed by atoms with Crippen LogP contribution in [0.15, 0.2) is 41.7 Å². The molecular formula is C17H17N5O2S. The van der Waals surface area contributed by atoms with Crippen LogP contribution in [0.5, 0.6) is 0 Å². The predicted molar refractivity (Wildman–Crippen MR) is 97.8 cm³/mol. The number of amidine groups is 1. The summed E-state index contributed by atoms with van der Waals surface area (Å²) >= 11 is 1.21. The minimum Gasteiger partial charge on any atom is -0.326 e. The molecule has 1 aliphatic heterocycles. The number of amides is 2. The van der Waals surface area contributed by atoms with Gasteiger partial charge in [0.2, 0.25) is 11.8 Å². The van der Waals surface area contributed by atoms with E-state index in [0.29, 0.717) is 5.17 Å². The maximum Gasteiger partial charge on any atom is 0.251 e. The second-order valence-corrected chi connectivity index (χ2v) is 6.88. The third kappa shape index (κ3) is 4.63. The van der Waals surface area contributed by atoms with E-state index >= 15 is 0 Å². The summed E-state index contributed by atoms with van der Waals surface area (Å²) in [5.74, 6) is -0.184. The number of hydrogen-bond donors (Lipinski definition) is 2. The van der Waals surface area contributed by atoms with Gasteiger partial charge in [0, 0.05) is 24.5 Å². The molecule has 1 fully saturated rings. The van der Waals surface area contributed by atoms with Crippen molar-refractivity contribution in [1.82, 2.24) is 15.3 Å². The lowest BCUT2D eigenvalue weighted by Crippen LogP contribution is -2.28. The first-order chi connectivity index (χ1) is 12.0. The fourth-order valence-electron chi connectivity index (χ4n) is 2.46. The molecule has 0 aliphatic carbocycles. The minimum absolute atomic E-state index is 0.0676. The number of benzene rings is 1. The highest BCUT2D eigenvalue weighted by molar-refractivity contribution is 8.15. The van der Waals surface area contributed by atoms with Gasteiger partial charge in [0.1, 0.15) is 5.25 Å². The monoisotopic (exact) mass is 355 g/mol. The smallest absolute Gasteiger partial charge is 0.251 e. The van der Waals surface area contributed by atoms with E-state index in [1.807, 2.05) is 32.0 Å². The maximum absolute atomic E-state index is 12.2. The molecule has 7 nitrogen and oxygen atoms in total. The Balaban J connectivity index is 1.62. The lowest BCUT2D eigenvalue weighted by atomic mass is 10.1. The molecule has 25 heavy (non-hydrogen) atoms. The number of thioether (sulfide) groups is 1. The van der Waals surface area contributed by atoms with Crippen molar-refractivity contribution >= 4 is 40.4 Å². The van der Waals surface area contributed by atoms with Crippen LogP contribution >= 0.6 is 11.8 Å². The molecule has 1 aromatic heterocycles. The van der Waals surface area contributed by atoms with Crippen LogP contribution in [0.1, 0.15) is 17.5 Å². The van der Waals surface area contributed by atoms with Crippen LogP contribution in [0.25, 0.3) is 0 Å². The number of aryl methyl sites for hydroxylation is 2. The molecule has 0 bridgehead atoms. The Labute approximate surface area is 149 Å². The van der Waals surface area contributed by atoms with Gasteiger partial charge in [-0.3, -0.25) is 9.59 Å². The molecule has 8 heteroatoms. The molecule has 1 saturated heterocycles. The van der Waals surface area contributed by atoms with Crippen LogP contribution in [0.3, 0.4) is 0 Å². The van der Waals surface area contributed by atoms with Crippen LogP contribution in [0, 0.1) is 13.8 Å². The minimum atomic E-state index is -0.520. The van der Waals surface area contributed by atoms with Crippen molar-refractivity contribution in [1.29, 1.82) is 0 Å². The summed E-state index contributed by atoms with van der Waals surface area (Å²) in [6.45, 7) is 3.94. The van der Waals surface area contributed by atoms with Gasteiger partial charge in [0.25, 0.3) is 5.95 Å². The van der Waals surface area contributed by atoms with E-state index in [4.69, 9.17) is 0 Å². The second kappa shape index (κ2) is 7.43. The lowest BCUT2D eigenvalue weighted by Gasteiger charge is -2.09. The Morgan fingerprint density at radius 3 is 2.60 bits per heavy atom. The highest BCUT2D eigenvalue weighted by Crippen LogP contribution is 2.24. The van der Waals surface area contributed by atoms with Crippen molar-refractivity contribution < 1.29 is 9.59 Å². The van der Waals surface area contributed by atoms with E-state index in [0.717, 1.165) is 16.8 Å². The molecule has 1 aromatic carbocycles. The van der Waals surface area contributed by atoms with Gasteiger partial charge in [-0.1, -0.05) is 17.8 Å². The number of rotatable bonds is 4. The SMILES string of the molecule is Cc1cc(C)cc(NC(=O)CC2S/C(=N\c3ncccn3)NC2=O)c1. The predicted octanol–water partition coefficient (Wildman–Crippen LogP) is 2.34. The number of nitrogens with one attached hydrogen (secondary N) is 2. The van der Waals surface area contributed by atoms with Crippen molar-refractivity contribution in [3.8, 4) is 0 Å². The molecule has 1 aliphatic rings. The molecular weight excluding hydrogens is 338 g/mol. The summed E-state index contributed by atoms with van der Waals surface area (Å²) in [6, 6.07) is 7.51. The number of aromatic nitrogens is 2. The normalized spacial score (nSPS) is 18.2. The van der Waals surface area contributed by atoms with Crippen LogP contribution in [0.4, 0.5) is 11.6 Å². The number of hydrogen-bond acceptors (Lipinski definition) is 6. The summed E-state index contributed by atoms with van der Waals surface area (Å²) in [7, 11) is 0. The summed E-state index contributed by atoms with van der Waals surface area (Å²) in [4.78, 5) is 36.4. The Morgan fingerprint density at radius 1 is 1.24 bits per heavy atom. The Hall–Kier alpha value is -2.74. The molecule has 0 radical (unpaired) electrons. The first-order valence-electron chi connectivity index (χ1n) is 7.71. The van der Waals surface area contributed by atoms with Crippen molar-refractivity contribution in [3.05, 3.63) is 47.8 Å². The molecule has 1 unspecified atom stereocenters. The molecule has 3 rings (SSSR count). The average molecular weight is 355 g/mol.